The molecule has 1 aliphatic carbocycles. The van der Waals surface area contributed by atoms with E-state index in [0.717, 1.165) is 27.5 Å². The zero-order chi connectivity index (χ0) is 13.8. The average molecular weight is 391 g/mol. The van der Waals surface area contributed by atoms with Gasteiger partial charge in [0.2, 0.25) is 0 Å². The number of methoxy groups -OCH3 is 1. The fraction of sp³-hybridized carbons (Fsp3) is 0.500. The molecule has 0 atom stereocenters. The molecule has 1 aromatic carbocycles. The molecule has 2 rings (SSSR count). The van der Waals surface area contributed by atoms with Gasteiger partial charge in [0.15, 0.2) is 0 Å². The van der Waals surface area contributed by atoms with Gasteiger partial charge in [-0.3, -0.25) is 0 Å². The molecule has 0 unspecified atom stereocenters. The molecule has 1 aromatic rings. The summed E-state index contributed by atoms with van der Waals surface area (Å²) < 4.78 is 6.59. The zero-order valence-electron chi connectivity index (χ0n) is 10.8. The summed E-state index contributed by atoms with van der Waals surface area (Å²) in [5, 5.41) is 3.49. The third-order valence-electron chi connectivity index (χ3n) is 3.41. The van der Waals surface area contributed by atoms with E-state index in [2.05, 4.69) is 37.2 Å². The van der Waals surface area contributed by atoms with Crippen molar-refractivity contribution in [3.8, 4) is 0 Å². The molecular weight excluding hydrogens is 374 g/mol. The maximum absolute atomic E-state index is 11.9. The van der Waals surface area contributed by atoms with Gasteiger partial charge in [-0.05, 0) is 40.9 Å². The Morgan fingerprint density at radius 2 is 1.95 bits per heavy atom. The summed E-state index contributed by atoms with van der Waals surface area (Å²) in [5.74, 6) is -0.319. The molecule has 1 aliphatic rings. The van der Waals surface area contributed by atoms with Crippen LogP contribution in [-0.2, 0) is 4.74 Å². The molecule has 1 saturated carbocycles. The predicted molar refractivity (Wildman–Crippen MR) is 83.7 cm³/mol. The van der Waals surface area contributed by atoms with Crippen LogP contribution in [0.2, 0.25) is 0 Å². The van der Waals surface area contributed by atoms with Crippen molar-refractivity contribution < 1.29 is 9.53 Å². The fourth-order valence-electron chi connectivity index (χ4n) is 2.44. The highest BCUT2D eigenvalue weighted by Crippen LogP contribution is 2.33. The summed E-state index contributed by atoms with van der Waals surface area (Å²) in [4.78, 5) is 11.9. The molecule has 0 spiro atoms. The summed E-state index contributed by atoms with van der Waals surface area (Å²) in [6, 6.07) is 4.17. The molecule has 5 heteroatoms. The third kappa shape index (κ3) is 3.72. The molecule has 3 nitrogen and oxygen atoms in total. The molecule has 0 amide bonds. The molecule has 0 aliphatic heterocycles. The van der Waals surface area contributed by atoms with Gasteiger partial charge in [0.1, 0.15) is 0 Å². The molecule has 104 valence electrons. The fourth-order valence-corrected chi connectivity index (χ4v) is 3.78. The van der Waals surface area contributed by atoms with Crippen LogP contribution in [0.4, 0.5) is 5.69 Å². The Hall–Kier alpha value is -0.550. The van der Waals surface area contributed by atoms with Gasteiger partial charge in [0, 0.05) is 15.0 Å². The highest BCUT2D eigenvalue weighted by molar-refractivity contribution is 9.11. The summed E-state index contributed by atoms with van der Waals surface area (Å²) >= 11 is 6.93. The largest absolute Gasteiger partial charge is 0.465 e. The van der Waals surface area contributed by atoms with Crippen LogP contribution in [0.25, 0.3) is 0 Å². The van der Waals surface area contributed by atoms with Gasteiger partial charge in [-0.25, -0.2) is 4.79 Å². The summed E-state index contributed by atoms with van der Waals surface area (Å²) in [6.45, 7) is 0. The first kappa shape index (κ1) is 14.9. The lowest BCUT2D eigenvalue weighted by molar-refractivity contribution is 0.0601. The van der Waals surface area contributed by atoms with E-state index in [1.165, 1.54) is 26.4 Å². The van der Waals surface area contributed by atoms with Gasteiger partial charge >= 0.3 is 5.97 Å². The van der Waals surface area contributed by atoms with Crippen LogP contribution in [0.15, 0.2) is 21.1 Å². The number of carbonyl (C=O) groups is 1. The Morgan fingerprint density at radius 3 is 2.58 bits per heavy atom. The molecule has 1 N–H and O–H groups in total. The monoisotopic (exact) mass is 389 g/mol. The number of hydrogen-bond donors (Lipinski definition) is 1. The number of hydrogen-bond acceptors (Lipinski definition) is 3. The van der Waals surface area contributed by atoms with Crippen molar-refractivity contribution in [3.63, 3.8) is 0 Å². The van der Waals surface area contributed by atoms with Crippen molar-refractivity contribution in [1.29, 1.82) is 0 Å². The summed E-state index contributed by atoms with van der Waals surface area (Å²) in [5.41, 5.74) is 1.40. The smallest absolute Gasteiger partial charge is 0.340 e. The Balaban J connectivity index is 2.28. The molecule has 0 aromatic heterocycles. The highest BCUT2D eigenvalue weighted by atomic mass is 79.9. The number of rotatable bonds is 3. The van der Waals surface area contributed by atoms with Crippen LogP contribution in [0.3, 0.4) is 0 Å². The molecule has 0 radical (unpaired) electrons. The lowest BCUT2D eigenvalue weighted by atomic mass is 9.95. The Kier molecular flexibility index (Phi) is 5.28. The lowest BCUT2D eigenvalue weighted by Crippen LogP contribution is -2.24. The number of nitrogens with one attached hydrogen (secondary N) is 1. The highest BCUT2D eigenvalue weighted by Gasteiger charge is 2.20. The molecule has 1 fully saturated rings. The standard InChI is InChI=1S/C14H17Br2NO2/c1-19-14(18)11-7-9(15)8-12(16)13(11)17-10-5-3-2-4-6-10/h7-8,10,17H,2-6H2,1H3. The minimum absolute atomic E-state index is 0.319. The van der Waals surface area contributed by atoms with E-state index in [-0.39, 0.29) is 5.97 Å². The van der Waals surface area contributed by atoms with Gasteiger partial charge in [-0.2, -0.15) is 0 Å². The topological polar surface area (TPSA) is 38.3 Å². The van der Waals surface area contributed by atoms with E-state index < -0.39 is 0 Å². The van der Waals surface area contributed by atoms with E-state index >= 15 is 0 Å². The van der Waals surface area contributed by atoms with E-state index in [1.54, 1.807) is 6.07 Å². The predicted octanol–water partition coefficient (Wildman–Crippen LogP) is 4.74. The molecule has 0 bridgehead atoms. The molecule has 19 heavy (non-hydrogen) atoms. The van der Waals surface area contributed by atoms with E-state index in [9.17, 15) is 4.79 Å². The van der Waals surface area contributed by atoms with Crippen molar-refractivity contribution in [2.75, 3.05) is 12.4 Å². The number of esters is 1. The number of halogens is 2. The minimum Gasteiger partial charge on any atom is -0.465 e. The maximum Gasteiger partial charge on any atom is 0.340 e. The van der Waals surface area contributed by atoms with E-state index in [4.69, 9.17) is 4.74 Å². The first-order chi connectivity index (χ1) is 9.11. The van der Waals surface area contributed by atoms with Crippen LogP contribution in [0.5, 0.6) is 0 Å². The normalized spacial score (nSPS) is 16.2. The van der Waals surface area contributed by atoms with Crippen molar-refractivity contribution in [2.45, 2.75) is 38.1 Å². The first-order valence-corrected chi connectivity index (χ1v) is 8.04. The van der Waals surface area contributed by atoms with Crippen LogP contribution < -0.4 is 5.32 Å². The number of carbonyl (C=O) groups excluding carboxylic acids is 1. The van der Waals surface area contributed by atoms with Gasteiger partial charge in [-0.1, -0.05) is 35.2 Å². The molecule has 0 heterocycles. The lowest BCUT2D eigenvalue weighted by Gasteiger charge is -2.25. The van der Waals surface area contributed by atoms with Gasteiger partial charge in [-0.15, -0.1) is 0 Å². The van der Waals surface area contributed by atoms with Gasteiger partial charge in [0.25, 0.3) is 0 Å². The number of anilines is 1. The number of benzene rings is 1. The Bertz CT molecular complexity index is 471. The van der Waals surface area contributed by atoms with Crippen LogP contribution in [-0.4, -0.2) is 19.1 Å². The van der Waals surface area contributed by atoms with E-state index in [1.807, 2.05) is 6.07 Å². The van der Waals surface area contributed by atoms with Gasteiger partial charge < -0.3 is 10.1 Å². The first-order valence-electron chi connectivity index (χ1n) is 6.45. The SMILES string of the molecule is COC(=O)c1cc(Br)cc(Br)c1NC1CCCCC1. The number of ether oxygens (including phenoxy) is 1. The van der Waals surface area contributed by atoms with Crippen molar-refractivity contribution in [1.82, 2.24) is 0 Å². The quantitative estimate of drug-likeness (QED) is 0.757. The summed E-state index contributed by atoms with van der Waals surface area (Å²) in [6.07, 6.45) is 6.12. The second kappa shape index (κ2) is 6.75. The zero-order valence-corrected chi connectivity index (χ0v) is 14.0. The van der Waals surface area contributed by atoms with Crippen molar-refractivity contribution in [3.05, 3.63) is 26.6 Å². The summed E-state index contributed by atoms with van der Waals surface area (Å²) in [7, 11) is 1.40. The second-order valence-electron chi connectivity index (χ2n) is 4.78. The average Bonchev–Trinajstić information content (AvgIpc) is 2.42. The van der Waals surface area contributed by atoms with Crippen LogP contribution in [0.1, 0.15) is 42.5 Å². The van der Waals surface area contributed by atoms with Gasteiger partial charge in [0.05, 0.1) is 18.4 Å². The Labute approximate surface area is 130 Å². The molecular formula is C14H17Br2NO2. The Morgan fingerprint density at radius 1 is 1.26 bits per heavy atom. The second-order valence-corrected chi connectivity index (χ2v) is 6.55. The van der Waals surface area contributed by atoms with Crippen molar-refractivity contribution >= 4 is 43.5 Å². The van der Waals surface area contributed by atoms with Crippen LogP contribution >= 0.6 is 31.9 Å². The van der Waals surface area contributed by atoms with Crippen LogP contribution in [0, 0.1) is 0 Å². The maximum atomic E-state index is 11.9. The van der Waals surface area contributed by atoms with Crippen molar-refractivity contribution in [2.24, 2.45) is 0 Å². The molecule has 0 saturated heterocycles. The minimum atomic E-state index is -0.319. The van der Waals surface area contributed by atoms with E-state index in [0.29, 0.717) is 11.6 Å². The third-order valence-corrected chi connectivity index (χ3v) is 4.50.